The number of hydrogen-bond acceptors (Lipinski definition) is 3. The first-order valence-corrected chi connectivity index (χ1v) is 7.88. The lowest BCUT2D eigenvalue weighted by molar-refractivity contribution is -0.0565. The number of aliphatic hydroxyl groups is 1. The molecule has 0 bridgehead atoms. The number of aliphatic imine (C=N–C) groups is 1. The van der Waals surface area contributed by atoms with Gasteiger partial charge in [0.15, 0.2) is 5.96 Å². The highest BCUT2D eigenvalue weighted by Gasteiger charge is 2.29. The van der Waals surface area contributed by atoms with Crippen molar-refractivity contribution in [2.24, 2.45) is 10.9 Å². The topological polar surface area (TPSA) is 65.9 Å². The first-order chi connectivity index (χ1) is 9.56. The molecule has 0 atom stereocenters. The first kappa shape index (κ1) is 17.2. The average molecular weight is 285 g/mol. The van der Waals surface area contributed by atoms with Gasteiger partial charge in [-0.3, -0.25) is 4.99 Å². The number of nitrogens with zero attached hydrogens (tertiary/aromatic N) is 1. The van der Waals surface area contributed by atoms with Crippen molar-refractivity contribution in [1.82, 2.24) is 10.6 Å². The van der Waals surface area contributed by atoms with Gasteiger partial charge in [-0.05, 0) is 25.7 Å². The van der Waals surface area contributed by atoms with Crippen molar-refractivity contribution in [3.63, 3.8) is 0 Å². The van der Waals surface area contributed by atoms with Crippen LogP contribution in [0.2, 0.25) is 0 Å². The van der Waals surface area contributed by atoms with Gasteiger partial charge in [-0.15, -0.1) is 0 Å². The Kier molecular flexibility index (Phi) is 7.92. The predicted octanol–water partition coefficient (Wildman–Crippen LogP) is 1.52. The van der Waals surface area contributed by atoms with Gasteiger partial charge in [0.05, 0.1) is 12.1 Å². The molecule has 1 fully saturated rings. The average Bonchev–Trinajstić information content (AvgIpc) is 2.41. The fourth-order valence-corrected chi connectivity index (χ4v) is 2.19. The van der Waals surface area contributed by atoms with Crippen molar-refractivity contribution in [2.75, 3.05) is 32.8 Å². The van der Waals surface area contributed by atoms with Crippen LogP contribution in [0.25, 0.3) is 0 Å². The SMILES string of the molecule is CCNC(=NCC1(O)CCOCC1)NCCCC(C)C. The molecule has 0 unspecified atom stereocenters. The maximum absolute atomic E-state index is 10.4. The summed E-state index contributed by atoms with van der Waals surface area (Å²) in [5.74, 6) is 1.54. The molecule has 0 saturated carbocycles. The van der Waals surface area contributed by atoms with Gasteiger partial charge in [0.25, 0.3) is 0 Å². The first-order valence-electron chi connectivity index (χ1n) is 7.88. The lowest BCUT2D eigenvalue weighted by Crippen LogP contribution is -2.42. The maximum Gasteiger partial charge on any atom is 0.191 e. The van der Waals surface area contributed by atoms with Gasteiger partial charge in [0, 0.05) is 39.1 Å². The molecule has 118 valence electrons. The lowest BCUT2D eigenvalue weighted by Gasteiger charge is -2.30. The zero-order valence-corrected chi connectivity index (χ0v) is 13.2. The minimum absolute atomic E-state index is 0.440. The summed E-state index contributed by atoms with van der Waals surface area (Å²) in [5, 5.41) is 16.9. The van der Waals surface area contributed by atoms with Crippen LogP contribution >= 0.6 is 0 Å². The van der Waals surface area contributed by atoms with Crippen LogP contribution in [-0.2, 0) is 4.74 Å². The van der Waals surface area contributed by atoms with Crippen LogP contribution in [0.4, 0.5) is 0 Å². The molecule has 1 aliphatic rings. The van der Waals surface area contributed by atoms with E-state index < -0.39 is 5.60 Å². The Labute approximate surface area is 123 Å². The Morgan fingerprint density at radius 1 is 1.30 bits per heavy atom. The summed E-state index contributed by atoms with van der Waals surface area (Å²) in [4.78, 5) is 4.51. The fourth-order valence-electron chi connectivity index (χ4n) is 2.19. The van der Waals surface area contributed by atoms with Crippen molar-refractivity contribution < 1.29 is 9.84 Å². The van der Waals surface area contributed by atoms with E-state index in [1.807, 2.05) is 0 Å². The molecule has 3 N–H and O–H groups in total. The van der Waals surface area contributed by atoms with Crippen molar-refractivity contribution in [1.29, 1.82) is 0 Å². The molecule has 1 heterocycles. The van der Waals surface area contributed by atoms with E-state index in [1.54, 1.807) is 0 Å². The van der Waals surface area contributed by atoms with Crippen LogP contribution in [-0.4, -0.2) is 49.5 Å². The molecule has 0 aromatic carbocycles. The Balaban J connectivity index is 2.37. The molecule has 0 aromatic heterocycles. The molecule has 1 aliphatic heterocycles. The third-order valence-electron chi connectivity index (χ3n) is 3.55. The molecule has 0 radical (unpaired) electrons. The highest BCUT2D eigenvalue weighted by molar-refractivity contribution is 5.79. The highest BCUT2D eigenvalue weighted by Crippen LogP contribution is 2.20. The molecule has 20 heavy (non-hydrogen) atoms. The van der Waals surface area contributed by atoms with E-state index in [0.717, 1.165) is 31.4 Å². The summed E-state index contributed by atoms with van der Waals surface area (Å²) < 4.78 is 5.28. The minimum atomic E-state index is -0.696. The van der Waals surface area contributed by atoms with Crippen LogP contribution in [0.3, 0.4) is 0 Å². The van der Waals surface area contributed by atoms with Crippen molar-refractivity contribution >= 4 is 5.96 Å². The van der Waals surface area contributed by atoms with Gasteiger partial charge in [-0.1, -0.05) is 13.8 Å². The summed E-state index contributed by atoms with van der Waals surface area (Å²) in [6, 6.07) is 0. The van der Waals surface area contributed by atoms with E-state index in [4.69, 9.17) is 4.74 Å². The van der Waals surface area contributed by atoms with Crippen molar-refractivity contribution in [3.8, 4) is 0 Å². The monoisotopic (exact) mass is 285 g/mol. The summed E-state index contributed by atoms with van der Waals surface area (Å²) in [6.07, 6.45) is 3.69. The molecular formula is C15H31N3O2. The summed E-state index contributed by atoms with van der Waals surface area (Å²) in [7, 11) is 0. The molecule has 0 amide bonds. The van der Waals surface area contributed by atoms with E-state index in [-0.39, 0.29) is 0 Å². The smallest absolute Gasteiger partial charge is 0.191 e. The van der Waals surface area contributed by atoms with E-state index >= 15 is 0 Å². The second-order valence-corrected chi connectivity index (χ2v) is 5.99. The van der Waals surface area contributed by atoms with E-state index in [2.05, 4.69) is 36.4 Å². The molecule has 0 aliphatic carbocycles. The zero-order chi connectivity index (χ0) is 14.8. The lowest BCUT2D eigenvalue weighted by atomic mass is 9.95. The fraction of sp³-hybridized carbons (Fsp3) is 0.933. The second kappa shape index (κ2) is 9.19. The van der Waals surface area contributed by atoms with E-state index in [9.17, 15) is 5.11 Å². The molecule has 5 nitrogen and oxygen atoms in total. The number of nitrogens with one attached hydrogen (secondary N) is 2. The number of ether oxygens (including phenoxy) is 1. The summed E-state index contributed by atoms with van der Waals surface area (Å²) in [5.41, 5.74) is -0.696. The Morgan fingerprint density at radius 2 is 2.00 bits per heavy atom. The molecule has 1 saturated heterocycles. The van der Waals surface area contributed by atoms with Crippen LogP contribution in [0, 0.1) is 5.92 Å². The molecule has 1 rings (SSSR count). The van der Waals surface area contributed by atoms with Crippen LogP contribution in [0.5, 0.6) is 0 Å². The molecule has 0 aromatic rings. The van der Waals surface area contributed by atoms with E-state index in [0.29, 0.717) is 32.6 Å². The van der Waals surface area contributed by atoms with Crippen LogP contribution in [0.15, 0.2) is 4.99 Å². The van der Waals surface area contributed by atoms with Gasteiger partial charge in [-0.2, -0.15) is 0 Å². The van der Waals surface area contributed by atoms with Crippen LogP contribution in [0.1, 0.15) is 46.5 Å². The van der Waals surface area contributed by atoms with Gasteiger partial charge in [0.2, 0.25) is 0 Å². The molecule has 5 heteroatoms. The number of guanidine groups is 1. The normalized spacial score (nSPS) is 19.1. The highest BCUT2D eigenvalue weighted by atomic mass is 16.5. The van der Waals surface area contributed by atoms with Gasteiger partial charge < -0.3 is 20.5 Å². The Hall–Kier alpha value is -0.810. The summed E-state index contributed by atoms with van der Waals surface area (Å²) >= 11 is 0. The Bertz CT molecular complexity index is 287. The third kappa shape index (κ3) is 7.10. The van der Waals surface area contributed by atoms with Gasteiger partial charge in [0.1, 0.15) is 0 Å². The standard InChI is InChI=1S/C15H31N3O2/c1-4-16-14(17-9-5-6-13(2)3)18-12-15(19)7-10-20-11-8-15/h13,19H,4-12H2,1-3H3,(H2,16,17,18). The molecule has 0 spiro atoms. The minimum Gasteiger partial charge on any atom is -0.388 e. The summed E-state index contributed by atoms with van der Waals surface area (Å²) in [6.45, 7) is 9.97. The van der Waals surface area contributed by atoms with Crippen molar-refractivity contribution in [2.45, 2.75) is 52.1 Å². The van der Waals surface area contributed by atoms with Gasteiger partial charge in [-0.25, -0.2) is 0 Å². The quantitative estimate of drug-likeness (QED) is 0.377. The largest absolute Gasteiger partial charge is 0.388 e. The second-order valence-electron chi connectivity index (χ2n) is 5.99. The van der Waals surface area contributed by atoms with Crippen LogP contribution < -0.4 is 10.6 Å². The number of hydrogen-bond donors (Lipinski definition) is 3. The van der Waals surface area contributed by atoms with E-state index in [1.165, 1.54) is 6.42 Å². The molecular weight excluding hydrogens is 254 g/mol. The van der Waals surface area contributed by atoms with Gasteiger partial charge >= 0.3 is 0 Å². The zero-order valence-electron chi connectivity index (χ0n) is 13.2. The number of rotatable bonds is 7. The van der Waals surface area contributed by atoms with Crippen molar-refractivity contribution in [3.05, 3.63) is 0 Å². The Morgan fingerprint density at radius 3 is 2.60 bits per heavy atom. The maximum atomic E-state index is 10.4. The third-order valence-corrected chi connectivity index (χ3v) is 3.55. The predicted molar refractivity (Wildman–Crippen MR) is 83.1 cm³/mol.